The van der Waals surface area contributed by atoms with Gasteiger partial charge in [-0.25, -0.2) is 0 Å². The third-order valence-electron chi connectivity index (χ3n) is 1.91. The first-order valence-corrected chi connectivity index (χ1v) is 4.66. The van der Waals surface area contributed by atoms with E-state index in [-0.39, 0.29) is 0 Å². The molecular formula is C11H16N2O2. The zero-order valence-corrected chi connectivity index (χ0v) is 9.21. The van der Waals surface area contributed by atoms with E-state index in [1.165, 1.54) is 7.11 Å². The first-order chi connectivity index (χ1) is 7.15. The van der Waals surface area contributed by atoms with Crippen molar-refractivity contribution in [2.75, 3.05) is 21.2 Å². The van der Waals surface area contributed by atoms with Crippen LogP contribution >= 0.6 is 0 Å². The molecule has 0 bridgehead atoms. The molecule has 15 heavy (non-hydrogen) atoms. The third kappa shape index (κ3) is 3.34. The highest BCUT2D eigenvalue weighted by atomic mass is 16.6. The summed E-state index contributed by atoms with van der Waals surface area (Å²) in [5.41, 5.74) is 1.56. The van der Waals surface area contributed by atoms with Crippen molar-refractivity contribution < 1.29 is 9.84 Å². The molecule has 0 saturated heterocycles. The zero-order chi connectivity index (χ0) is 11.3. The smallest absolute Gasteiger partial charge is 0.181 e. The van der Waals surface area contributed by atoms with Crippen molar-refractivity contribution in [2.24, 2.45) is 5.10 Å². The van der Waals surface area contributed by atoms with Crippen molar-refractivity contribution in [1.82, 2.24) is 5.01 Å². The van der Waals surface area contributed by atoms with E-state index in [1.54, 1.807) is 11.2 Å². The van der Waals surface area contributed by atoms with Crippen LogP contribution in [0, 0.1) is 0 Å². The Balaban J connectivity index is 2.96. The lowest BCUT2D eigenvalue weighted by Gasteiger charge is -2.11. The highest BCUT2D eigenvalue weighted by Gasteiger charge is 2.08. The molecule has 82 valence electrons. The van der Waals surface area contributed by atoms with Crippen LogP contribution in [0.4, 0.5) is 0 Å². The van der Waals surface area contributed by atoms with E-state index in [0.717, 1.165) is 5.56 Å². The molecule has 0 heterocycles. The molecule has 4 nitrogen and oxygen atoms in total. The average molecular weight is 208 g/mol. The SMILES string of the molecule is COC(O)c1ccccc1/C=N/N(C)C. The lowest BCUT2D eigenvalue weighted by atomic mass is 10.1. The number of hydrogen-bond donors (Lipinski definition) is 1. The summed E-state index contributed by atoms with van der Waals surface area (Å²) < 4.78 is 4.86. The van der Waals surface area contributed by atoms with Crippen molar-refractivity contribution in [3.8, 4) is 0 Å². The Labute approximate surface area is 89.8 Å². The summed E-state index contributed by atoms with van der Waals surface area (Å²) in [5, 5.41) is 15.4. The van der Waals surface area contributed by atoms with Gasteiger partial charge in [-0.15, -0.1) is 0 Å². The minimum absolute atomic E-state index is 0.714. The van der Waals surface area contributed by atoms with Gasteiger partial charge in [-0.3, -0.25) is 0 Å². The lowest BCUT2D eigenvalue weighted by molar-refractivity contribution is -0.0770. The summed E-state index contributed by atoms with van der Waals surface area (Å²) in [7, 11) is 5.14. The van der Waals surface area contributed by atoms with E-state index in [9.17, 15) is 5.11 Å². The number of hydrogen-bond acceptors (Lipinski definition) is 4. The maximum Gasteiger partial charge on any atom is 0.181 e. The lowest BCUT2D eigenvalue weighted by Crippen LogP contribution is -2.06. The molecule has 1 N–H and O–H groups in total. The second-order valence-corrected chi connectivity index (χ2v) is 3.31. The standard InChI is InChI=1S/C11H16N2O2/c1-13(2)12-8-9-6-4-5-7-10(9)11(14)15-3/h4-8,11,14H,1-3H3/b12-8+. The number of nitrogens with zero attached hydrogens (tertiary/aromatic N) is 2. The molecule has 0 aliphatic heterocycles. The molecule has 0 spiro atoms. The molecule has 0 aliphatic rings. The molecule has 0 radical (unpaired) electrons. The van der Waals surface area contributed by atoms with Crippen LogP contribution in [0.15, 0.2) is 29.4 Å². The summed E-state index contributed by atoms with van der Waals surface area (Å²) >= 11 is 0. The molecule has 4 heteroatoms. The summed E-state index contributed by atoms with van der Waals surface area (Å²) in [6.07, 6.45) is 0.784. The Kier molecular flexibility index (Phi) is 4.27. The minimum Gasteiger partial charge on any atom is -0.364 e. The van der Waals surface area contributed by atoms with Gasteiger partial charge in [0.15, 0.2) is 6.29 Å². The van der Waals surface area contributed by atoms with Crippen molar-refractivity contribution in [3.63, 3.8) is 0 Å². The van der Waals surface area contributed by atoms with Crippen molar-refractivity contribution in [1.29, 1.82) is 0 Å². The predicted molar refractivity (Wildman–Crippen MR) is 59.7 cm³/mol. The van der Waals surface area contributed by atoms with Gasteiger partial charge in [0.25, 0.3) is 0 Å². The van der Waals surface area contributed by atoms with Gasteiger partial charge in [0, 0.05) is 32.3 Å². The molecule has 0 aliphatic carbocycles. The highest BCUT2D eigenvalue weighted by molar-refractivity contribution is 5.81. The number of aliphatic hydroxyl groups is 1. The van der Waals surface area contributed by atoms with Crippen LogP contribution in [0.1, 0.15) is 17.4 Å². The topological polar surface area (TPSA) is 45.1 Å². The Hall–Kier alpha value is -1.39. The highest BCUT2D eigenvalue weighted by Crippen LogP contribution is 2.16. The summed E-state index contributed by atoms with van der Waals surface area (Å²) in [6.45, 7) is 0. The van der Waals surface area contributed by atoms with Crippen molar-refractivity contribution in [3.05, 3.63) is 35.4 Å². The fraction of sp³-hybridized carbons (Fsp3) is 0.364. The first-order valence-electron chi connectivity index (χ1n) is 4.66. The molecule has 0 fully saturated rings. The Bertz CT molecular complexity index is 337. The van der Waals surface area contributed by atoms with Crippen LogP contribution in [0.2, 0.25) is 0 Å². The van der Waals surface area contributed by atoms with Gasteiger partial charge in [-0.05, 0) is 0 Å². The zero-order valence-electron chi connectivity index (χ0n) is 9.21. The fourth-order valence-electron chi connectivity index (χ4n) is 1.16. The predicted octanol–water partition coefficient (Wildman–Crippen LogP) is 1.22. The van der Waals surface area contributed by atoms with Crippen LogP contribution in [-0.4, -0.2) is 37.5 Å². The quantitative estimate of drug-likeness (QED) is 0.459. The van der Waals surface area contributed by atoms with E-state index in [1.807, 2.05) is 38.4 Å². The second-order valence-electron chi connectivity index (χ2n) is 3.31. The molecule has 1 atom stereocenters. The van der Waals surface area contributed by atoms with Gasteiger partial charge in [-0.2, -0.15) is 5.10 Å². The molecule has 0 saturated carbocycles. The van der Waals surface area contributed by atoms with Gasteiger partial charge in [-0.1, -0.05) is 24.3 Å². The molecule has 1 aromatic rings. The Morgan fingerprint density at radius 3 is 2.67 bits per heavy atom. The summed E-state index contributed by atoms with van der Waals surface area (Å²) in [5.74, 6) is 0. The van der Waals surface area contributed by atoms with E-state index >= 15 is 0 Å². The maximum absolute atomic E-state index is 9.58. The Morgan fingerprint density at radius 2 is 2.07 bits per heavy atom. The molecule has 0 amide bonds. The molecule has 0 aromatic heterocycles. The molecule has 1 unspecified atom stereocenters. The minimum atomic E-state index is -0.908. The van der Waals surface area contributed by atoms with Crippen LogP contribution < -0.4 is 0 Å². The van der Waals surface area contributed by atoms with Crippen LogP contribution in [0.25, 0.3) is 0 Å². The summed E-state index contributed by atoms with van der Waals surface area (Å²) in [4.78, 5) is 0. The number of aliphatic hydroxyl groups excluding tert-OH is 1. The van der Waals surface area contributed by atoms with Crippen LogP contribution in [0.5, 0.6) is 0 Å². The number of benzene rings is 1. The van der Waals surface area contributed by atoms with Gasteiger partial charge in [0.1, 0.15) is 0 Å². The molecule has 1 aromatic carbocycles. The van der Waals surface area contributed by atoms with E-state index in [4.69, 9.17) is 4.74 Å². The maximum atomic E-state index is 9.58. The van der Waals surface area contributed by atoms with Crippen LogP contribution in [0.3, 0.4) is 0 Å². The fourth-order valence-corrected chi connectivity index (χ4v) is 1.16. The number of methoxy groups -OCH3 is 1. The monoisotopic (exact) mass is 208 g/mol. The van der Waals surface area contributed by atoms with Crippen molar-refractivity contribution >= 4 is 6.21 Å². The van der Waals surface area contributed by atoms with Crippen molar-refractivity contribution in [2.45, 2.75) is 6.29 Å². The molecule has 1 rings (SSSR count). The number of ether oxygens (including phenoxy) is 1. The summed E-state index contributed by atoms with van der Waals surface area (Å²) in [6, 6.07) is 7.43. The normalized spacial score (nSPS) is 13.1. The molecular weight excluding hydrogens is 192 g/mol. The van der Waals surface area contributed by atoms with E-state index < -0.39 is 6.29 Å². The third-order valence-corrected chi connectivity index (χ3v) is 1.91. The van der Waals surface area contributed by atoms with Gasteiger partial charge in [0.2, 0.25) is 0 Å². The van der Waals surface area contributed by atoms with Gasteiger partial charge < -0.3 is 14.9 Å². The first kappa shape index (κ1) is 11.7. The largest absolute Gasteiger partial charge is 0.364 e. The average Bonchev–Trinajstić information content (AvgIpc) is 2.25. The number of rotatable bonds is 4. The van der Waals surface area contributed by atoms with E-state index in [0.29, 0.717) is 5.56 Å². The van der Waals surface area contributed by atoms with Crippen LogP contribution in [-0.2, 0) is 4.74 Å². The van der Waals surface area contributed by atoms with Gasteiger partial charge in [0.05, 0.1) is 6.21 Å². The number of hydrazone groups is 1. The Morgan fingerprint density at radius 1 is 1.40 bits per heavy atom. The second kappa shape index (κ2) is 5.48. The van der Waals surface area contributed by atoms with E-state index in [2.05, 4.69) is 5.10 Å². The van der Waals surface area contributed by atoms with Gasteiger partial charge >= 0.3 is 0 Å².